The van der Waals surface area contributed by atoms with Crippen LogP contribution in [0.5, 0.6) is 0 Å². The van der Waals surface area contributed by atoms with Gasteiger partial charge in [-0.3, -0.25) is 0 Å². The van der Waals surface area contributed by atoms with E-state index in [1.807, 2.05) is 11.0 Å². The highest BCUT2D eigenvalue weighted by atomic mass is 15.3. The zero-order valence-electron chi connectivity index (χ0n) is 9.77. The molecule has 1 heterocycles. The fourth-order valence-corrected chi connectivity index (χ4v) is 1.96. The molecule has 15 heavy (non-hydrogen) atoms. The van der Waals surface area contributed by atoms with Gasteiger partial charge in [-0.2, -0.15) is 5.10 Å². The molecule has 0 bridgehead atoms. The predicted octanol–water partition coefficient (Wildman–Crippen LogP) is 1.62. The van der Waals surface area contributed by atoms with Gasteiger partial charge in [0.05, 0.1) is 6.04 Å². The molecule has 0 aliphatic heterocycles. The Labute approximate surface area is 91.1 Å². The van der Waals surface area contributed by atoms with E-state index >= 15 is 0 Å². The Hall–Kier alpha value is -0.900. The van der Waals surface area contributed by atoms with Gasteiger partial charge in [0.1, 0.15) is 12.7 Å². The minimum atomic E-state index is 0.211. The van der Waals surface area contributed by atoms with Crippen molar-refractivity contribution in [2.24, 2.45) is 5.92 Å². The van der Waals surface area contributed by atoms with Gasteiger partial charge in [-0.15, -0.1) is 0 Å². The second kappa shape index (κ2) is 3.93. The fraction of sp³-hybridized carbons (Fsp3) is 0.818. The molecule has 84 valence electrons. The minimum Gasteiger partial charge on any atom is -0.312 e. The molecule has 1 saturated carbocycles. The highest BCUT2D eigenvalue weighted by molar-refractivity contribution is 4.88. The van der Waals surface area contributed by atoms with Crippen molar-refractivity contribution in [3.63, 3.8) is 0 Å². The lowest BCUT2D eigenvalue weighted by Gasteiger charge is -2.38. The number of hydrogen-bond donors (Lipinski definition) is 1. The summed E-state index contributed by atoms with van der Waals surface area (Å²) in [6.07, 6.45) is 5.98. The van der Waals surface area contributed by atoms with Crippen molar-refractivity contribution in [1.29, 1.82) is 0 Å². The highest BCUT2D eigenvalue weighted by Gasteiger charge is 2.33. The maximum atomic E-state index is 4.21. The molecule has 4 nitrogen and oxygen atoms in total. The number of nitrogens with zero attached hydrogens (tertiary/aromatic N) is 3. The third-order valence-electron chi connectivity index (χ3n) is 3.05. The molecule has 1 fully saturated rings. The molecule has 1 aromatic rings. The second-order valence-corrected chi connectivity index (χ2v) is 5.41. The van der Waals surface area contributed by atoms with E-state index in [0.717, 1.165) is 6.54 Å². The van der Waals surface area contributed by atoms with Crippen molar-refractivity contribution < 1.29 is 0 Å². The third-order valence-corrected chi connectivity index (χ3v) is 3.05. The fourth-order valence-electron chi connectivity index (χ4n) is 1.96. The van der Waals surface area contributed by atoms with Crippen LogP contribution in [0.25, 0.3) is 0 Å². The first-order valence-electron chi connectivity index (χ1n) is 5.65. The van der Waals surface area contributed by atoms with E-state index in [1.165, 1.54) is 12.8 Å². The van der Waals surface area contributed by atoms with E-state index in [0.29, 0.717) is 12.0 Å². The van der Waals surface area contributed by atoms with Gasteiger partial charge in [0.15, 0.2) is 0 Å². The SMILES string of the molecule is CC(C)(C)NCC1CCC1n1cncn1. The molecule has 1 aliphatic carbocycles. The van der Waals surface area contributed by atoms with Crippen molar-refractivity contribution >= 4 is 0 Å². The average molecular weight is 208 g/mol. The number of nitrogens with one attached hydrogen (secondary N) is 1. The summed E-state index contributed by atoms with van der Waals surface area (Å²) >= 11 is 0. The lowest BCUT2D eigenvalue weighted by Crippen LogP contribution is -2.44. The van der Waals surface area contributed by atoms with Crippen LogP contribution in [0.2, 0.25) is 0 Å². The summed E-state index contributed by atoms with van der Waals surface area (Å²) in [5.41, 5.74) is 0.211. The molecule has 1 N–H and O–H groups in total. The molecular formula is C11H20N4. The Kier molecular flexibility index (Phi) is 2.78. The Morgan fingerprint density at radius 2 is 2.20 bits per heavy atom. The van der Waals surface area contributed by atoms with E-state index in [4.69, 9.17) is 0 Å². The van der Waals surface area contributed by atoms with Crippen LogP contribution in [0.3, 0.4) is 0 Å². The molecule has 0 amide bonds. The van der Waals surface area contributed by atoms with Crippen molar-refractivity contribution in [3.05, 3.63) is 12.7 Å². The lowest BCUT2D eigenvalue weighted by atomic mass is 9.79. The molecule has 0 radical (unpaired) electrons. The van der Waals surface area contributed by atoms with Crippen molar-refractivity contribution in [1.82, 2.24) is 20.1 Å². The van der Waals surface area contributed by atoms with Gasteiger partial charge in [-0.25, -0.2) is 9.67 Å². The van der Waals surface area contributed by atoms with E-state index in [9.17, 15) is 0 Å². The Bertz CT molecular complexity index is 299. The Balaban J connectivity index is 1.85. The van der Waals surface area contributed by atoms with E-state index < -0.39 is 0 Å². The summed E-state index contributed by atoms with van der Waals surface area (Å²) in [4.78, 5) is 4.00. The monoisotopic (exact) mass is 208 g/mol. The minimum absolute atomic E-state index is 0.211. The highest BCUT2D eigenvalue weighted by Crippen LogP contribution is 2.37. The van der Waals surface area contributed by atoms with Gasteiger partial charge < -0.3 is 5.32 Å². The summed E-state index contributed by atoms with van der Waals surface area (Å²) in [6, 6.07) is 0.558. The zero-order chi connectivity index (χ0) is 10.9. The Morgan fingerprint density at radius 1 is 1.40 bits per heavy atom. The van der Waals surface area contributed by atoms with Crippen molar-refractivity contribution in [3.8, 4) is 0 Å². The second-order valence-electron chi connectivity index (χ2n) is 5.41. The van der Waals surface area contributed by atoms with Crippen LogP contribution in [0.1, 0.15) is 39.7 Å². The largest absolute Gasteiger partial charge is 0.312 e. The number of hydrogen-bond acceptors (Lipinski definition) is 3. The summed E-state index contributed by atoms with van der Waals surface area (Å²) < 4.78 is 2.00. The molecule has 2 unspecified atom stereocenters. The van der Waals surface area contributed by atoms with Crippen LogP contribution < -0.4 is 5.32 Å². The van der Waals surface area contributed by atoms with Crippen LogP contribution >= 0.6 is 0 Å². The van der Waals surface area contributed by atoms with Crippen LogP contribution in [0.4, 0.5) is 0 Å². The molecule has 0 aromatic carbocycles. The molecule has 1 aliphatic rings. The standard InChI is InChI=1S/C11H20N4/c1-11(2,3)13-6-9-4-5-10(9)15-8-12-7-14-15/h7-10,13H,4-6H2,1-3H3. The maximum Gasteiger partial charge on any atom is 0.137 e. The first-order valence-corrected chi connectivity index (χ1v) is 5.65. The van der Waals surface area contributed by atoms with Crippen LogP contribution in [-0.4, -0.2) is 26.8 Å². The first kappa shape index (κ1) is 10.6. The molecular weight excluding hydrogens is 188 g/mol. The quantitative estimate of drug-likeness (QED) is 0.820. The van der Waals surface area contributed by atoms with Crippen LogP contribution in [0.15, 0.2) is 12.7 Å². The van der Waals surface area contributed by atoms with E-state index in [1.54, 1.807) is 6.33 Å². The van der Waals surface area contributed by atoms with Crippen molar-refractivity contribution in [2.45, 2.75) is 45.2 Å². The normalized spacial score (nSPS) is 26.3. The maximum absolute atomic E-state index is 4.21. The smallest absolute Gasteiger partial charge is 0.137 e. The average Bonchev–Trinajstić information content (AvgIpc) is 2.53. The molecule has 1 aromatic heterocycles. The van der Waals surface area contributed by atoms with Gasteiger partial charge in [-0.05, 0) is 39.5 Å². The zero-order valence-corrected chi connectivity index (χ0v) is 9.77. The topological polar surface area (TPSA) is 42.7 Å². The molecule has 4 heteroatoms. The van der Waals surface area contributed by atoms with Gasteiger partial charge in [0.25, 0.3) is 0 Å². The van der Waals surface area contributed by atoms with Crippen LogP contribution in [-0.2, 0) is 0 Å². The van der Waals surface area contributed by atoms with Gasteiger partial charge in [-0.1, -0.05) is 0 Å². The third kappa shape index (κ3) is 2.56. The van der Waals surface area contributed by atoms with Gasteiger partial charge >= 0.3 is 0 Å². The van der Waals surface area contributed by atoms with Gasteiger partial charge in [0, 0.05) is 12.1 Å². The molecule has 2 rings (SSSR count). The summed E-state index contributed by atoms with van der Waals surface area (Å²) in [6.45, 7) is 7.69. The summed E-state index contributed by atoms with van der Waals surface area (Å²) in [5.74, 6) is 0.714. The first-order chi connectivity index (χ1) is 7.06. The molecule has 2 atom stereocenters. The summed E-state index contributed by atoms with van der Waals surface area (Å²) in [5, 5.41) is 7.76. The van der Waals surface area contributed by atoms with Crippen molar-refractivity contribution in [2.75, 3.05) is 6.54 Å². The molecule has 0 saturated heterocycles. The Morgan fingerprint density at radius 3 is 2.67 bits per heavy atom. The molecule has 0 spiro atoms. The predicted molar refractivity (Wildman–Crippen MR) is 59.5 cm³/mol. The van der Waals surface area contributed by atoms with E-state index in [2.05, 4.69) is 36.2 Å². The van der Waals surface area contributed by atoms with Gasteiger partial charge in [0.2, 0.25) is 0 Å². The van der Waals surface area contributed by atoms with Crippen LogP contribution in [0, 0.1) is 5.92 Å². The summed E-state index contributed by atoms with van der Waals surface area (Å²) in [7, 11) is 0. The number of aromatic nitrogens is 3. The lowest BCUT2D eigenvalue weighted by molar-refractivity contribution is 0.153. The number of rotatable bonds is 3. The van der Waals surface area contributed by atoms with E-state index in [-0.39, 0.29) is 5.54 Å².